The van der Waals surface area contributed by atoms with Crippen molar-refractivity contribution in [2.24, 2.45) is 0 Å². The molecule has 1 aromatic rings. The van der Waals surface area contributed by atoms with Gasteiger partial charge in [-0.05, 0) is 49.5 Å². The second kappa shape index (κ2) is 5.78. The lowest BCUT2D eigenvalue weighted by Crippen LogP contribution is -2.39. The van der Waals surface area contributed by atoms with Crippen molar-refractivity contribution in [3.63, 3.8) is 0 Å². The lowest BCUT2D eigenvalue weighted by molar-refractivity contribution is -0.128. The molecule has 1 aromatic carbocycles. The Bertz CT molecular complexity index is 515. The predicted octanol–water partition coefficient (Wildman–Crippen LogP) is 3.77. The number of benzene rings is 1. The van der Waals surface area contributed by atoms with Crippen LogP contribution < -0.4 is 0 Å². The summed E-state index contributed by atoms with van der Waals surface area (Å²) in [7, 11) is 0. The van der Waals surface area contributed by atoms with Crippen molar-refractivity contribution in [1.82, 2.24) is 4.90 Å². The first-order valence-corrected chi connectivity index (χ1v) is 7.50. The molecular weight excluding hydrogens is 253 g/mol. The molecule has 0 radical (unpaired) electrons. The van der Waals surface area contributed by atoms with E-state index in [2.05, 4.69) is 4.90 Å². The molecule has 0 spiro atoms. The van der Waals surface area contributed by atoms with Gasteiger partial charge in [0.05, 0.1) is 0 Å². The monoisotopic (exact) mass is 273 g/mol. The van der Waals surface area contributed by atoms with E-state index >= 15 is 0 Å². The first-order valence-electron chi connectivity index (χ1n) is 7.50. The Morgan fingerprint density at radius 3 is 2.50 bits per heavy atom. The van der Waals surface area contributed by atoms with Crippen LogP contribution in [0.15, 0.2) is 30.3 Å². The van der Waals surface area contributed by atoms with E-state index in [4.69, 9.17) is 0 Å². The van der Waals surface area contributed by atoms with E-state index in [0.717, 1.165) is 31.2 Å². The second-order valence-electron chi connectivity index (χ2n) is 5.80. The standard InChI is InChI=1S/C17H20FNO/c18-14-5-3-4-13(12-14)8-11-17(20)19(16-9-10-16)15-6-1-2-7-15/h3-5,8,11-12,15-16H,1-2,6-7,9-10H2/b11-8+. The van der Waals surface area contributed by atoms with Crippen LogP contribution in [0.3, 0.4) is 0 Å². The van der Waals surface area contributed by atoms with Crippen molar-refractivity contribution in [1.29, 1.82) is 0 Å². The van der Waals surface area contributed by atoms with Gasteiger partial charge >= 0.3 is 0 Å². The smallest absolute Gasteiger partial charge is 0.247 e. The Kier molecular flexibility index (Phi) is 3.86. The quantitative estimate of drug-likeness (QED) is 0.765. The Labute approximate surface area is 119 Å². The molecule has 3 rings (SSSR count). The largest absolute Gasteiger partial charge is 0.333 e. The summed E-state index contributed by atoms with van der Waals surface area (Å²) in [5, 5.41) is 0. The Morgan fingerprint density at radius 1 is 1.15 bits per heavy atom. The second-order valence-corrected chi connectivity index (χ2v) is 5.80. The van der Waals surface area contributed by atoms with E-state index in [-0.39, 0.29) is 11.7 Å². The highest BCUT2D eigenvalue weighted by molar-refractivity contribution is 5.92. The maximum absolute atomic E-state index is 13.1. The maximum atomic E-state index is 13.1. The number of rotatable bonds is 4. The van der Waals surface area contributed by atoms with Gasteiger partial charge in [0.2, 0.25) is 5.91 Å². The zero-order valence-electron chi connectivity index (χ0n) is 11.6. The van der Waals surface area contributed by atoms with E-state index in [1.165, 1.54) is 25.0 Å². The minimum Gasteiger partial charge on any atom is -0.333 e. The normalized spacial score (nSPS) is 19.6. The molecule has 0 saturated heterocycles. The summed E-state index contributed by atoms with van der Waals surface area (Å²) in [4.78, 5) is 14.5. The first kappa shape index (κ1) is 13.3. The van der Waals surface area contributed by atoms with Crippen molar-refractivity contribution in [2.45, 2.75) is 50.6 Å². The molecule has 2 saturated carbocycles. The fourth-order valence-corrected chi connectivity index (χ4v) is 3.06. The van der Waals surface area contributed by atoms with E-state index in [1.807, 2.05) is 6.07 Å². The molecular formula is C17H20FNO. The third kappa shape index (κ3) is 3.09. The van der Waals surface area contributed by atoms with Crippen molar-refractivity contribution in [2.75, 3.05) is 0 Å². The van der Waals surface area contributed by atoms with Gasteiger partial charge < -0.3 is 4.90 Å². The Morgan fingerprint density at radius 2 is 1.85 bits per heavy atom. The van der Waals surface area contributed by atoms with Crippen molar-refractivity contribution >= 4 is 12.0 Å². The molecule has 0 atom stereocenters. The molecule has 20 heavy (non-hydrogen) atoms. The minimum atomic E-state index is -0.269. The number of hydrogen-bond acceptors (Lipinski definition) is 1. The highest BCUT2D eigenvalue weighted by Crippen LogP contribution is 2.34. The third-order valence-electron chi connectivity index (χ3n) is 4.18. The molecule has 106 valence electrons. The van der Waals surface area contributed by atoms with Crippen LogP contribution in [0.5, 0.6) is 0 Å². The fraction of sp³-hybridized carbons (Fsp3) is 0.471. The van der Waals surface area contributed by atoms with Crippen molar-refractivity contribution < 1.29 is 9.18 Å². The van der Waals surface area contributed by atoms with Crippen molar-refractivity contribution in [3.8, 4) is 0 Å². The van der Waals surface area contributed by atoms with E-state index < -0.39 is 0 Å². The number of carbonyl (C=O) groups excluding carboxylic acids is 1. The molecule has 2 aliphatic rings. The van der Waals surface area contributed by atoms with Crippen LogP contribution in [0.2, 0.25) is 0 Å². The summed E-state index contributed by atoms with van der Waals surface area (Å²) in [5.74, 6) is -0.182. The molecule has 1 amide bonds. The van der Waals surface area contributed by atoms with Gasteiger partial charge in [-0.25, -0.2) is 4.39 Å². The van der Waals surface area contributed by atoms with Gasteiger partial charge in [-0.15, -0.1) is 0 Å². The Hall–Kier alpha value is -1.64. The van der Waals surface area contributed by atoms with Gasteiger partial charge in [0.15, 0.2) is 0 Å². The molecule has 0 unspecified atom stereocenters. The molecule has 0 bridgehead atoms. The predicted molar refractivity (Wildman–Crippen MR) is 77.6 cm³/mol. The number of hydrogen-bond donors (Lipinski definition) is 0. The SMILES string of the molecule is O=C(/C=C/c1cccc(F)c1)N(C1CCCC1)C1CC1. The molecule has 3 heteroatoms. The lowest BCUT2D eigenvalue weighted by atomic mass is 10.1. The highest BCUT2D eigenvalue weighted by atomic mass is 19.1. The zero-order chi connectivity index (χ0) is 13.9. The van der Waals surface area contributed by atoms with Crippen LogP contribution in [0.25, 0.3) is 6.08 Å². The van der Waals surface area contributed by atoms with E-state index in [9.17, 15) is 9.18 Å². The maximum Gasteiger partial charge on any atom is 0.247 e. The molecule has 0 heterocycles. The topological polar surface area (TPSA) is 20.3 Å². The van der Waals surface area contributed by atoms with Crippen LogP contribution in [0.1, 0.15) is 44.1 Å². The summed E-state index contributed by atoms with van der Waals surface area (Å²) in [6.45, 7) is 0. The zero-order valence-corrected chi connectivity index (χ0v) is 11.6. The summed E-state index contributed by atoms with van der Waals surface area (Å²) >= 11 is 0. The summed E-state index contributed by atoms with van der Waals surface area (Å²) in [6.07, 6.45) is 10.3. The number of carbonyl (C=O) groups is 1. The molecule has 2 fully saturated rings. The van der Waals surface area contributed by atoms with Crippen LogP contribution in [-0.4, -0.2) is 22.9 Å². The molecule has 0 N–H and O–H groups in total. The average Bonchev–Trinajstić information content (AvgIpc) is 3.11. The number of nitrogens with zero attached hydrogens (tertiary/aromatic N) is 1. The van der Waals surface area contributed by atoms with Crippen LogP contribution in [-0.2, 0) is 4.79 Å². The third-order valence-corrected chi connectivity index (χ3v) is 4.18. The molecule has 0 aliphatic heterocycles. The fourth-order valence-electron chi connectivity index (χ4n) is 3.06. The summed E-state index contributed by atoms with van der Waals surface area (Å²) in [5.41, 5.74) is 0.737. The van der Waals surface area contributed by atoms with Gasteiger partial charge in [-0.1, -0.05) is 25.0 Å². The van der Waals surface area contributed by atoms with Crippen LogP contribution in [0, 0.1) is 5.82 Å². The minimum absolute atomic E-state index is 0.0867. The van der Waals surface area contributed by atoms with Crippen LogP contribution in [0.4, 0.5) is 4.39 Å². The average molecular weight is 273 g/mol. The lowest BCUT2D eigenvalue weighted by Gasteiger charge is -2.27. The van der Waals surface area contributed by atoms with Gasteiger partial charge in [0, 0.05) is 18.2 Å². The molecule has 2 aliphatic carbocycles. The van der Waals surface area contributed by atoms with Gasteiger partial charge in [0.25, 0.3) is 0 Å². The van der Waals surface area contributed by atoms with E-state index in [1.54, 1.807) is 18.2 Å². The first-order chi connectivity index (χ1) is 9.74. The molecule has 0 aromatic heterocycles. The summed E-state index contributed by atoms with van der Waals surface area (Å²) < 4.78 is 13.1. The summed E-state index contributed by atoms with van der Waals surface area (Å²) in [6, 6.07) is 7.20. The van der Waals surface area contributed by atoms with Crippen molar-refractivity contribution in [3.05, 3.63) is 41.7 Å². The van der Waals surface area contributed by atoms with Gasteiger partial charge in [-0.2, -0.15) is 0 Å². The number of halogens is 1. The van der Waals surface area contributed by atoms with Crippen LogP contribution >= 0.6 is 0 Å². The molecule has 2 nitrogen and oxygen atoms in total. The number of amides is 1. The van der Waals surface area contributed by atoms with Gasteiger partial charge in [-0.3, -0.25) is 4.79 Å². The highest BCUT2D eigenvalue weighted by Gasteiger charge is 2.37. The van der Waals surface area contributed by atoms with Gasteiger partial charge in [0.1, 0.15) is 5.82 Å². The Balaban J connectivity index is 1.70. The van der Waals surface area contributed by atoms with E-state index in [0.29, 0.717) is 12.1 Å².